The second kappa shape index (κ2) is 5.61. The maximum absolute atomic E-state index is 13.4. The monoisotopic (exact) mass is 354 g/mol. The minimum Gasteiger partial charge on any atom is -0.297 e. The number of hydrogen-bond donors (Lipinski definition) is 2. The van der Waals surface area contributed by atoms with Gasteiger partial charge in [-0.1, -0.05) is 15.9 Å². The fraction of sp³-hybridized carbons (Fsp3) is 0.154. The van der Waals surface area contributed by atoms with Crippen molar-refractivity contribution in [3.8, 4) is 0 Å². The van der Waals surface area contributed by atoms with E-state index in [4.69, 9.17) is 5.84 Å². The van der Waals surface area contributed by atoms with Crippen molar-refractivity contribution in [3.05, 3.63) is 57.5 Å². The molecule has 3 N–H and O–H groups in total. The highest BCUT2D eigenvalue weighted by Gasteiger charge is 2.16. The zero-order valence-electron chi connectivity index (χ0n) is 10.4. The Morgan fingerprint density at radius 2 is 2.35 bits per heavy atom. The lowest BCUT2D eigenvalue weighted by molar-refractivity contribution is 0.538. The predicted molar refractivity (Wildman–Crippen MR) is 80.9 cm³/mol. The Balaban J connectivity index is 1.89. The van der Waals surface area contributed by atoms with Crippen molar-refractivity contribution >= 4 is 32.2 Å². The number of nitrogens with zero attached hydrogens (tertiary/aromatic N) is 2. The third-order valence-corrected chi connectivity index (χ3v) is 4.58. The highest BCUT2D eigenvalue weighted by molar-refractivity contribution is 9.10. The van der Waals surface area contributed by atoms with Crippen molar-refractivity contribution in [1.29, 1.82) is 0 Å². The fourth-order valence-electron chi connectivity index (χ4n) is 2.12. The topological polar surface area (TPSA) is 55.3 Å². The Kier molecular flexibility index (Phi) is 3.84. The first-order valence-corrected chi connectivity index (χ1v) is 7.67. The highest BCUT2D eigenvalue weighted by atomic mass is 79.9. The molecule has 0 amide bonds. The van der Waals surface area contributed by atoms with Gasteiger partial charge in [-0.25, -0.2) is 9.37 Å². The van der Waals surface area contributed by atoms with Crippen LogP contribution in [0, 0.1) is 5.82 Å². The third kappa shape index (κ3) is 2.62. The number of nitrogens with two attached hydrogens (primary N) is 1. The van der Waals surface area contributed by atoms with Gasteiger partial charge >= 0.3 is 0 Å². The van der Waals surface area contributed by atoms with E-state index in [0.717, 1.165) is 20.7 Å². The maximum Gasteiger partial charge on any atom is 0.193 e. The molecule has 0 radical (unpaired) electrons. The smallest absolute Gasteiger partial charge is 0.193 e. The molecule has 20 heavy (non-hydrogen) atoms. The molecule has 0 saturated heterocycles. The number of benzene rings is 1. The molecule has 2 heterocycles. The number of nitrogens with one attached hydrogen (secondary N) is 1. The standard InChI is InChI=1S/C13H12BrFN4S/c14-11-2-1-8(15)5-10(11)12(18-16)6-9-7-19-3-4-20-13(19)17-9/h1-5,7,12,18H,6,16H2. The van der Waals surface area contributed by atoms with E-state index in [-0.39, 0.29) is 11.9 Å². The van der Waals surface area contributed by atoms with Crippen molar-refractivity contribution in [2.24, 2.45) is 5.84 Å². The Bertz CT molecular complexity index is 710. The normalized spacial score (nSPS) is 12.9. The van der Waals surface area contributed by atoms with Crippen LogP contribution in [0.25, 0.3) is 4.96 Å². The van der Waals surface area contributed by atoms with E-state index in [2.05, 4.69) is 26.3 Å². The van der Waals surface area contributed by atoms with Crippen molar-refractivity contribution in [2.45, 2.75) is 12.5 Å². The molecular weight excluding hydrogens is 343 g/mol. The molecule has 7 heteroatoms. The molecule has 104 valence electrons. The van der Waals surface area contributed by atoms with Gasteiger partial charge in [0.2, 0.25) is 0 Å². The molecule has 1 unspecified atom stereocenters. The molecule has 0 aliphatic rings. The number of hydrazine groups is 1. The first-order valence-electron chi connectivity index (χ1n) is 5.99. The molecule has 0 aliphatic heterocycles. The van der Waals surface area contributed by atoms with Crippen molar-refractivity contribution < 1.29 is 4.39 Å². The molecular formula is C13H12BrFN4S. The molecule has 3 aromatic rings. The quantitative estimate of drug-likeness (QED) is 0.559. The minimum absolute atomic E-state index is 0.204. The number of fused-ring (bicyclic) bond motifs is 1. The van der Waals surface area contributed by atoms with E-state index in [1.165, 1.54) is 12.1 Å². The first-order chi connectivity index (χ1) is 9.67. The van der Waals surface area contributed by atoms with Gasteiger partial charge in [0.1, 0.15) is 5.82 Å². The van der Waals surface area contributed by atoms with Crippen LogP contribution in [0.3, 0.4) is 0 Å². The van der Waals surface area contributed by atoms with Crippen LogP contribution in [0.5, 0.6) is 0 Å². The van der Waals surface area contributed by atoms with Gasteiger partial charge in [-0.3, -0.25) is 15.7 Å². The number of halogens is 2. The molecule has 2 aromatic heterocycles. The molecule has 0 fully saturated rings. The SMILES string of the molecule is NNC(Cc1cn2ccsc2n1)c1cc(F)ccc1Br. The summed E-state index contributed by atoms with van der Waals surface area (Å²) in [6, 6.07) is 4.37. The van der Waals surface area contributed by atoms with Crippen LogP contribution in [0.15, 0.2) is 40.4 Å². The first kappa shape index (κ1) is 13.7. The van der Waals surface area contributed by atoms with Crippen molar-refractivity contribution in [1.82, 2.24) is 14.8 Å². The Hall–Kier alpha value is -1.28. The molecule has 4 nitrogen and oxygen atoms in total. The van der Waals surface area contributed by atoms with Crippen LogP contribution in [0.4, 0.5) is 4.39 Å². The zero-order chi connectivity index (χ0) is 14.1. The second-order valence-corrected chi connectivity index (χ2v) is 6.14. The summed E-state index contributed by atoms with van der Waals surface area (Å²) in [7, 11) is 0. The number of imidazole rings is 1. The summed E-state index contributed by atoms with van der Waals surface area (Å²) < 4.78 is 16.2. The van der Waals surface area contributed by atoms with Gasteiger partial charge in [0, 0.05) is 28.7 Å². The molecule has 3 rings (SSSR count). The minimum atomic E-state index is -0.283. The summed E-state index contributed by atoms with van der Waals surface area (Å²) in [4.78, 5) is 5.45. The number of hydrogen-bond acceptors (Lipinski definition) is 4. The van der Waals surface area contributed by atoms with E-state index < -0.39 is 0 Å². The lowest BCUT2D eigenvalue weighted by Gasteiger charge is -2.16. The number of aromatic nitrogens is 2. The summed E-state index contributed by atoms with van der Waals surface area (Å²) in [6.07, 6.45) is 4.51. The fourth-order valence-corrected chi connectivity index (χ4v) is 3.37. The van der Waals surface area contributed by atoms with Gasteiger partial charge in [0.15, 0.2) is 4.96 Å². The Labute approximate surface area is 127 Å². The Morgan fingerprint density at radius 1 is 1.50 bits per heavy atom. The van der Waals surface area contributed by atoms with Gasteiger partial charge in [-0.2, -0.15) is 0 Å². The molecule has 0 aliphatic carbocycles. The second-order valence-electron chi connectivity index (χ2n) is 4.41. The number of rotatable bonds is 4. The zero-order valence-corrected chi connectivity index (χ0v) is 12.8. The molecule has 0 saturated carbocycles. The van der Waals surface area contributed by atoms with Gasteiger partial charge < -0.3 is 0 Å². The van der Waals surface area contributed by atoms with Gasteiger partial charge in [0.05, 0.1) is 11.7 Å². The van der Waals surface area contributed by atoms with Gasteiger partial charge in [-0.15, -0.1) is 11.3 Å². The lowest BCUT2D eigenvalue weighted by Crippen LogP contribution is -2.30. The van der Waals surface area contributed by atoms with Crippen molar-refractivity contribution in [2.75, 3.05) is 0 Å². The lowest BCUT2D eigenvalue weighted by atomic mass is 10.0. The van der Waals surface area contributed by atoms with Crippen molar-refractivity contribution in [3.63, 3.8) is 0 Å². The van der Waals surface area contributed by atoms with Crippen LogP contribution < -0.4 is 11.3 Å². The molecule has 1 aromatic carbocycles. The number of thiazole rings is 1. The van der Waals surface area contributed by atoms with E-state index in [9.17, 15) is 4.39 Å². The largest absolute Gasteiger partial charge is 0.297 e. The van der Waals surface area contributed by atoms with Crippen LogP contribution in [0.2, 0.25) is 0 Å². The Morgan fingerprint density at radius 3 is 3.10 bits per heavy atom. The summed E-state index contributed by atoms with van der Waals surface area (Å²) in [5, 5.41) is 1.98. The van der Waals surface area contributed by atoms with Gasteiger partial charge in [0.25, 0.3) is 0 Å². The summed E-state index contributed by atoms with van der Waals surface area (Å²) in [6.45, 7) is 0. The van der Waals surface area contributed by atoms with Crippen LogP contribution >= 0.6 is 27.3 Å². The van der Waals surface area contributed by atoms with Crippen LogP contribution in [-0.2, 0) is 6.42 Å². The predicted octanol–water partition coefficient (Wildman–Crippen LogP) is 3.04. The molecule has 1 atom stereocenters. The third-order valence-electron chi connectivity index (χ3n) is 3.09. The van der Waals surface area contributed by atoms with E-state index in [1.54, 1.807) is 17.4 Å². The van der Waals surface area contributed by atoms with E-state index >= 15 is 0 Å². The van der Waals surface area contributed by atoms with E-state index in [1.807, 2.05) is 22.2 Å². The highest BCUT2D eigenvalue weighted by Crippen LogP contribution is 2.26. The molecule has 0 spiro atoms. The van der Waals surface area contributed by atoms with E-state index in [0.29, 0.717) is 6.42 Å². The average molecular weight is 355 g/mol. The van der Waals surface area contributed by atoms with Gasteiger partial charge in [-0.05, 0) is 23.8 Å². The summed E-state index contributed by atoms with van der Waals surface area (Å²) >= 11 is 5.00. The average Bonchev–Trinajstić information content (AvgIpc) is 3.00. The summed E-state index contributed by atoms with van der Waals surface area (Å²) in [5.41, 5.74) is 4.42. The van der Waals surface area contributed by atoms with Crippen LogP contribution in [-0.4, -0.2) is 9.38 Å². The molecule has 0 bridgehead atoms. The van der Waals surface area contributed by atoms with Crippen LogP contribution in [0.1, 0.15) is 17.3 Å². The maximum atomic E-state index is 13.4. The summed E-state index contributed by atoms with van der Waals surface area (Å²) in [5.74, 6) is 5.33.